The lowest BCUT2D eigenvalue weighted by Crippen LogP contribution is -2.53. The highest BCUT2D eigenvalue weighted by Crippen LogP contribution is 2.34. The van der Waals surface area contributed by atoms with E-state index < -0.39 is 51.2 Å². The average molecular weight is 605 g/mol. The van der Waals surface area contributed by atoms with Gasteiger partial charge in [-0.2, -0.15) is 4.31 Å². The Hall–Kier alpha value is -3.95. The Bertz CT molecular complexity index is 1390. The van der Waals surface area contributed by atoms with Crippen LogP contribution in [0.25, 0.3) is 0 Å². The molecule has 0 saturated carbocycles. The molecule has 1 aliphatic heterocycles. The van der Waals surface area contributed by atoms with Gasteiger partial charge in [-0.05, 0) is 43.2 Å². The summed E-state index contributed by atoms with van der Waals surface area (Å²) < 4.78 is 27.6. The Labute approximate surface area is 241 Å². The molecule has 220 valence electrons. The maximum atomic E-state index is 13.3. The molecule has 0 aromatic heterocycles. The summed E-state index contributed by atoms with van der Waals surface area (Å²) in [6.07, 6.45) is 0.282. The molecule has 15 heteroatoms. The highest BCUT2D eigenvalue weighted by Gasteiger charge is 2.45. The molecule has 0 bridgehead atoms. The van der Waals surface area contributed by atoms with E-state index in [0.29, 0.717) is 11.3 Å². The number of anilines is 1. The average Bonchev–Trinajstić information content (AvgIpc) is 3.31. The monoisotopic (exact) mass is 604 g/mol. The maximum absolute atomic E-state index is 13.3. The number of nitrogens with one attached hydrogen (secondary N) is 4. The van der Waals surface area contributed by atoms with Crippen LogP contribution >= 0.6 is 11.8 Å². The van der Waals surface area contributed by atoms with Gasteiger partial charge in [0.25, 0.3) is 0 Å². The largest absolute Gasteiger partial charge is 0.480 e. The Morgan fingerprint density at radius 1 is 1.07 bits per heavy atom. The first-order chi connectivity index (χ1) is 19.4. The Kier molecular flexibility index (Phi) is 10.9. The molecule has 3 atom stereocenters. The van der Waals surface area contributed by atoms with Gasteiger partial charge in [-0.25, -0.2) is 13.2 Å². The number of rotatable bonds is 12. The summed E-state index contributed by atoms with van der Waals surface area (Å²) in [6.45, 7) is 1.68. The molecule has 1 aliphatic rings. The van der Waals surface area contributed by atoms with E-state index in [4.69, 9.17) is 11.1 Å². The normalized spacial score (nSPS) is 17.8. The van der Waals surface area contributed by atoms with E-state index in [9.17, 15) is 32.7 Å². The summed E-state index contributed by atoms with van der Waals surface area (Å²) in [4.78, 5) is 48.8. The first-order valence-electron chi connectivity index (χ1n) is 12.6. The van der Waals surface area contributed by atoms with Crippen molar-refractivity contribution in [2.45, 2.75) is 55.0 Å². The second-order valence-corrected chi connectivity index (χ2v) is 12.5. The number of carboxylic acids is 1. The van der Waals surface area contributed by atoms with Gasteiger partial charge >= 0.3 is 5.97 Å². The van der Waals surface area contributed by atoms with Crippen molar-refractivity contribution in [1.29, 1.82) is 5.41 Å². The molecule has 0 aliphatic carbocycles. The number of nitrogens with zero attached hydrogens (tertiary/aromatic N) is 1. The van der Waals surface area contributed by atoms with Gasteiger partial charge < -0.3 is 21.5 Å². The number of hydrogen-bond acceptors (Lipinski definition) is 8. The maximum Gasteiger partial charge on any atom is 0.326 e. The third-order valence-electron chi connectivity index (χ3n) is 6.16. The number of aliphatic carboxylic acids is 1. The highest BCUT2D eigenvalue weighted by molar-refractivity contribution is 8.01. The summed E-state index contributed by atoms with van der Waals surface area (Å²) in [6, 6.07) is 11.7. The number of amides is 3. The van der Waals surface area contributed by atoms with Crippen LogP contribution in [0.3, 0.4) is 0 Å². The van der Waals surface area contributed by atoms with E-state index in [1.807, 2.05) is 0 Å². The van der Waals surface area contributed by atoms with Crippen LogP contribution < -0.4 is 21.7 Å². The van der Waals surface area contributed by atoms with Crippen LogP contribution in [0.15, 0.2) is 59.5 Å². The zero-order valence-electron chi connectivity index (χ0n) is 22.2. The fourth-order valence-corrected chi connectivity index (χ4v) is 7.50. The van der Waals surface area contributed by atoms with Gasteiger partial charge in [-0.15, -0.1) is 11.8 Å². The van der Waals surface area contributed by atoms with Gasteiger partial charge in [0, 0.05) is 30.7 Å². The number of carbonyl (C=O) groups is 4. The van der Waals surface area contributed by atoms with Crippen molar-refractivity contribution < 1.29 is 32.7 Å². The van der Waals surface area contributed by atoms with Crippen LogP contribution in [0.1, 0.15) is 31.7 Å². The summed E-state index contributed by atoms with van der Waals surface area (Å²) in [5.41, 5.74) is 6.11. The zero-order valence-corrected chi connectivity index (χ0v) is 23.8. The molecule has 41 heavy (non-hydrogen) atoms. The number of guanidine groups is 1. The van der Waals surface area contributed by atoms with Crippen molar-refractivity contribution in [1.82, 2.24) is 14.9 Å². The molecular weight excluding hydrogens is 572 g/mol. The highest BCUT2D eigenvalue weighted by atomic mass is 32.2. The number of carbonyl (C=O) groups excluding carboxylic acids is 3. The summed E-state index contributed by atoms with van der Waals surface area (Å²) >= 11 is 1.29. The van der Waals surface area contributed by atoms with Crippen molar-refractivity contribution >= 4 is 57.1 Å². The van der Waals surface area contributed by atoms with Crippen molar-refractivity contribution in [3.8, 4) is 0 Å². The topological polar surface area (TPSA) is 212 Å². The number of nitrogens with two attached hydrogens (primary N) is 1. The predicted octanol–water partition coefficient (Wildman–Crippen LogP) is 1.07. The fraction of sp³-hybridized carbons (Fsp3) is 0.346. The Balaban J connectivity index is 1.59. The van der Waals surface area contributed by atoms with Crippen molar-refractivity contribution in [2.24, 2.45) is 5.73 Å². The van der Waals surface area contributed by atoms with Crippen LogP contribution in [0.4, 0.5) is 5.69 Å². The first-order valence-corrected chi connectivity index (χ1v) is 15.1. The van der Waals surface area contributed by atoms with E-state index in [-0.39, 0.29) is 42.2 Å². The quantitative estimate of drug-likeness (QED) is 0.151. The smallest absolute Gasteiger partial charge is 0.326 e. The third-order valence-corrected chi connectivity index (χ3v) is 9.50. The molecule has 1 unspecified atom stereocenters. The molecule has 2 aromatic rings. The molecule has 0 radical (unpaired) electrons. The lowest BCUT2D eigenvalue weighted by atomic mass is 10.0. The fourth-order valence-electron chi connectivity index (χ4n) is 4.17. The molecule has 1 fully saturated rings. The Morgan fingerprint density at radius 2 is 1.71 bits per heavy atom. The molecule has 1 heterocycles. The second-order valence-electron chi connectivity index (χ2n) is 9.26. The number of carboxylic acid groups (broad SMARTS) is 1. The van der Waals surface area contributed by atoms with E-state index in [0.717, 1.165) is 4.31 Å². The second kappa shape index (κ2) is 14.1. The van der Waals surface area contributed by atoms with Crippen LogP contribution in [0.2, 0.25) is 0 Å². The minimum Gasteiger partial charge on any atom is -0.480 e. The zero-order chi connectivity index (χ0) is 30.2. The van der Waals surface area contributed by atoms with Crippen LogP contribution in [0.5, 0.6) is 0 Å². The van der Waals surface area contributed by atoms with Gasteiger partial charge in [-0.3, -0.25) is 25.1 Å². The Morgan fingerprint density at radius 3 is 2.32 bits per heavy atom. The van der Waals surface area contributed by atoms with Crippen LogP contribution in [-0.2, 0) is 35.6 Å². The van der Waals surface area contributed by atoms with Gasteiger partial charge in [0.1, 0.15) is 12.1 Å². The van der Waals surface area contributed by atoms with Gasteiger partial charge in [0.15, 0.2) is 5.96 Å². The standard InChI is InChI=1S/C26H32N6O7S2/c1-16-32(41(38,39)19-6-3-2-4-7-19)21(15-40-16)24(35)30-20(25(36)37)14-17-10-12-18(13-11-17)29-22(33)8-5-9-23(34)31-26(27)28/h2-4,6-7,10-13,16,20-21H,5,8-9,14-15H2,1H3,(H,29,33)(H,30,35)(H,36,37)(H4,27,28,31,34)/t16?,20-,21-/m0/s1. The van der Waals surface area contributed by atoms with E-state index in [2.05, 4.69) is 16.0 Å². The lowest BCUT2D eigenvalue weighted by molar-refractivity contribution is -0.142. The van der Waals surface area contributed by atoms with Gasteiger partial charge in [-0.1, -0.05) is 30.3 Å². The van der Waals surface area contributed by atoms with E-state index >= 15 is 0 Å². The predicted molar refractivity (Wildman–Crippen MR) is 153 cm³/mol. The molecule has 7 N–H and O–H groups in total. The summed E-state index contributed by atoms with van der Waals surface area (Å²) in [7, 11) is -3.99. The molecule has 13 nitrogen and oxygen atoms in total. The molecule has 3 amide bonds. The molecular formula is C26H32N6O7S2. The minimum absolute atomic E-state index is 0.0304. The molecule has 0 spiro atoms. The molecule has 1 saturated heterocycles. The minimum atomic E-state index is -3.99. The number of benzene rings is 2. The van der Waals surface area contributed by atoms with Crippen molar-refractivity contribution in [2.75, 3.05) is 11.1 Å². The first kappa shape index (κ1) is 31.6. The van der Waals surface area contributed by atoms with Crippen LogP contribution in [0, 0.1) is 5.41 Å². The van der Waals surface area contributed by atoms with E-state index in [1.54, 1.807) is 49.4 Å². The molecule has 3 rings (SSSR count). The van der Waals surface area contributed by atoms with Crippen molar-refractivity contribution in [3.63, 3.8) is 0 Å². The van der Waals surface area contributed by atoms with Crippen molar-refractivity contribution in [3.05, 3.63) is 60.2 Å². The summed E-state index contributed by atoms with van der Waals surface area (Å²) in [5, 5.41) is 23.6. The number of thioether (sulfide) groups is 1. The van der Waals surface area contributed by atoms with E-state index in [1.165, 1.54) is 23.9 Å². The molecule has 2 aromatic carbocycles. The van der Waals surface area contributed by atoms with Gasteiger partial charge in [0.2, 0.25) is 27.7 Å². The lowest BCUT2D eigenvalue weighted by Gasteiger charge is -2.27. The number of sulfonamides is 1. The van der Waals surface area contributed by atoms with Crippen LogP contribution in [-0.4, -0.2) is 70.7 Å². The SMILES string of the molecule is CC1SC[C@@H](C(=O)N[C@@H](Cc2ccc(NC(=O)CCCC(=O)NC(=N)N)cc2)C(=O)O)N1S(=O)(=O)c1ccccc1. The van der Waals surface area contributed by atoms with Gasteiger partial charge in [0.05, 0.1) is 10.3 Å². The third kappa shape index (κ3) is 8.77. The number of hydrogen-bond donors (Lipinski definition) is 6. The summed E-state index contributed by atoms with van der Waals surface area (Å²) in [5.74, 6) is -3.05.